The van der Waals surface area contributed by atoms with Crippen LogP contribution in [0.5, 0.6) is 0 Å². The number of anilines is 1. The van der Waals surface area contributed by atoms with Gasteiger partial charge in [-0.3, -0.25) is 0 Å². The summed E-state index contributed by atoms with van der Waals surface area (Å²) >= 11 is 11.3. The van der Waals surface area contributed by atoms with Crippen molar-refractivity contribution in [3.8, 4) is 11.4 Å². The number of H-pyrrole nitrogens is 1. The molecular formula is C11H8Cl2N8O2S. The number of hydrogen-bond donors (Lipinski definition) is 2. The molecule has 3 aromatic rings. The van der Waals surface area contributed by atoms with Crippen molar-refractivity contribution in [1.82, 2.24) is 35.6 Å². The number of sulfone groups is 1. The van der Waals surface area contributed by atoms with E-state index in [1.807, 2.05) is 0 Å². The van der Waals surface area contributed by atoms with E-state index in [1.54, 1.807) is 18.2 Å². The van der Waals surface area contributed by atoms with Crippen LogP contribution in [0.2, 0.25) is 10.6 Å². The van der Waals surface area contributed by atoms with Gasteiger partial charge >= 0.3 is 0 Å². The van der Waals surface area contributed by atoms with E-state index in [2.05, 4.69) is 40.9 Å². The summed E-state index contributed by atoms with van der Waals surface area (Å²) in [6.45, 7) is 0. The lowest BCUT2D eigenvalue weighted by Gasteiger charge is -2.09. The van der Waals surface area contributed by atoms with Gasteiger partial charge in [-0.2, -0.15) is 15.0 Å². The van der Waals surface area contributed by atoms with Crippen LogP contribution in [0.15, 0.2) is 29.2 Å². The smallest absolute Gasteiger partial charge is 0.229 e. The van der Waals surface area contributed by atoms with Gasteiger partial charge in [0.15, 0.2) is 15.7 Å². The number of tetrazole rings is 1. The first-order chi connectivity index (χ1) is 11.5. The lowest BCUT2D eigenvalue weighted by atomic mass is 10.2. The highest BCUT2D eigenvalue weighted by Crippen LogP contribution is 2.24. The molecule has 13 heteroatoms. The molecule has 2 N–H and O–H groups in total. The van der Waals surface area contributed by atoms with Crippen LogP contribution in [0.25, 0.3) is 11.4 Å². The van der Waals surface area contributed by atoms with Crippen LogP contribution in [-0.2, 0) is 9.84 Å². The molecule has 0 atom stereocenters. The molecule has 0 saturated carbocycles. The van der Waals surface area contributed by atoms with Crippen LogP contribution in [0.4, 0.5) is 5.95 Å². The summed E-state index contributed by atoms with van der Waals surface area (Å²) in [4.78, 5) is 11.1. The molecule has 0 spiro atoms. The van der Waals surface area contributed by atoms with Crippen molar-refractivity contribution in [3.63, 3.8) is 0 Å². The third-order valence-corrected chi connectivity index (χ3v) is 4.71. The van der Waals surface area contributed by atoms with Crippen LogP contribution < -0.4 is 5.32 Å². The largest absolute Gasteiger partial charge is 0.340 e. The monoisotopic (exact) mass is 386 g/mol. The summed E-state index contributed by atoms with van der Waals surface area (Å²) in [5.41, 5.74) is 0.344. The Morgan fingerprint density at radius 1 is 1.08 bits per heavy atom. The van der Waals surface area contributed by atoms with E-state index in [0.29, 0.717) is 5.56 Å². The molecule has 0 amide bonds. The molecule has 0 radical (unpaired) electrons. The number of nitrogens with one attached hydrogen (secondary N) is 2. The molecule has 0 aliphatic rings. The Hall–Kier alpha value is -2.37. The van der Waals surface area contributed by atoms with Gasteiger partial charge in [0.05, 0.1) is 4.90 Å². The molecule has 0 aliphatic carbocycles. The van der Waals surface area contributed by atoms with Crippen LogP contribution >= 0.6 is 23.2 Å². The Labute approximate surface area is 145 Å². The molecule has 124 valence electrons. The Kier molecular flexibility index (Phi) is 4.55. The zero-order chi connectivity index (χ0) is 17.2. The summed E-state index contributed by atoms with van der Waals surface area (Å²) in [7, 11) is -3.75. The first-order valence-corrected chi connectivity index (χ1v) is 8.73. The number of rotatable bonds is 5. The summed E-state index contributed by atoms with van der Waals surface area (Å²) in [6.07, 6.45) is 0. The number of nitrogens with zero attached hydrogens (tertiary/aromatic N) is 6. The van der Waals surface area contributed by atoms with E-state index in [1.165, 1.54) is 6.07 Å². The highest BCUT2D eigenvalue weighted by atomic mass is 35.5. The minimum absolute atomic E-state index is 0.0438. The first-order valence-electron chi connectivity index (χ1n) is 6.32. The van der Waals surface area contributed by atoms with Crippen LogP contribution in [0.1, 0.15) is 0 Å². The maximum Gasteiger partial charge on any atom is 0.229 e. The molecule has 1 aromatic carbocycles. The number of benzene rings is 1. The third-order valence-electron chi connectivity index (χ3n) is 2.82. The van der Waals surface area contributed by atoms with Gasteiger partial charge in [0.25, 0.3) is 0 Å². The molecule has 0 unspecified atom stereocenters. The van der Waals surface area contributed by atoms with Crippen molar-refractivity contribution in [2.75, 3.05) is 11.2 Å². The maximum absolute atomic E-state index is 12.6. The van der Waals surface area contributed by atoms with Crippen LogP contribution in [0.3, 0.4) is 0 Å². The molecular weight excluding hydrogens is 379 g/mol. The molecule has 0 fully saturated rings. The summed E-state index contributed by atoms with van der Waals surface area (Å²) in [5.74, 6) is -0.301. The standard InChI is InChI=1S/C11H8Cl2N8O2S/c12-9-15-10(13)17-11(16-9)14-5-24(22,23)7-4-2-1-3-6(7)8-18-20-21-19-8/h1-4H,5H2,(H,14,15,16,17)(H,18,19,20,21). The van der Waals surface area contributed by atoms with Crippen LogP contribution in [0, 0.1) is 0 Å². The van der Waals surface area contributed by atoms with Crippen molar-refractivity contribution >= 4 is 39.0 Å². The Bertz CT molecular complexity index is 944. The number of aromatic nitrogens is 7. The first kappa shape index (κ1) is 16.5. The molecule has 10 nitrogen and oxygen atoms in total. The van der Waals surface area contributed by atoms with Gasteiger partial charge in [0.1, 0.15) is 5.88 Å². The zero-order valence-corrected chi connectivity index (χ0v) is 14.0. The average molecular weight is 387 g/mol. The normalized spacial score (nSPS) is 11.4. The zero-order valence-electron chi connectivity index (χ0n) is 11.7. The summed E-state index contributed by atoms with van der Waals surface area (Å²) in [5, 5.41) is 15.4. The lowest BCUT2D eigenvalue weighted by Crippen LogP contribution is -2.17. The quantitative estimate of drug-likeness (QED) is 0.661. The molecule has 2 heterocycles. The van der Waals surface area contributed by atoms with E-state index in [4.69, 9.17) is 23.2 Å². The van der Waals surface area contributed by atoms with Crippen molar-refractivity contribution in [2.45, 2.75) is 4.90 Å². The molecule has 24 heavy (non-hydrogen) atoms. The van der Waals surface area contributed by atoms with Crippen molar-refractivity contribution in [3.05, 3.63) is 34.8 Å². The fraction of sp³-hybridized carbons (Fsp3) is 0.0909. The van der Waals surface area contributed by atoms with E-state index >= 15 is 0 Å². The van der Waals surface area contributed by atoms with Gasteiger partial charge in [0, 0.05) is 5.56 Å². The van der Waals surface area contributed by atoms with Crippen molar-refractivity contribution in [1.29, 1.82) is 0 Å². The predicted molar refractivity (Wildman–Crippen MR) is 85.1 cm³/mol. The van der Waals surface area contributed by atoms with Crippen molar-refractivity contribution in [2.24, 2.45) is 0 Å². The fourth-order valence-corrected chi connectivity index (χ4v) is 3.47. The molecule has 3 rings (SSSR count). The van der Waals surface area contributed by atoms with Gasteiger partial charge in [0.2, 0.25) is 16.5 Å². The van der Waals surface area contributed by atoms with Gasteiger partial charge in [-0.25, -0.2) is 13.5 Å². The highest BCUT2D eigenvalue weighted by molar-refractivity contribution is 7.91. The average Bonchev–Trinajstić information content (AvgIpc) is 3.07. The van der Waals surface area contributed by atoms with E-state index in [0.717, 1.165) is 0 Å². The maximum atomic E-state index is 12.6. The second kappa shape index (κ2) is 6.63. The lowest BCUT2D eigenvalue weighted by molar-refractivity contribution is 0.597. The second-order valence-corrected chi connectivity index (χ2v) is 7.01. The number of aromatic amines is 1. The van der Waals surface area contributed by atoms with E-state index in [-0.39, 0.29) is 27.2 Å². The Morgan fingerprint density at radius 3 is 2.46 bits per heavy atom. The topological polar surface area (TPSA) is 139 Å². The van der Waals surface area contributed by atoms with Gasteiger partial charge in [-0.1, -0.05) is 12.1 Å². The minimum atomic E-state index is -3.75. The minimum Gasteiger partial charge on any atom is -0.340 e. The Balaban J connectivity index is 1.89. The number of halogens is 2. The van der Waals surface area contributed by atoms with Gasteiger partial charge in [-0.05, 0) is 45.8 Å². The molecule has 2 aromatic heterocycles. The summed E-state index contributed by atoms with van der Waals surface area (Å²) in [6, 6.07) is 6.31. The highest BCUT2D eigenvalue weighted by Gasteiger charge is 2.21. The number of hydrogen-bond acceptors (Lipinski definition) is 9. The predicted octanol–water partition coefficient (Wildman–Crippen LogP) is 1.20. The Morgan fingerprint density at radius 2 is 1.79 bits per heavy atom. The molecule has 0 saturated heterocycles. The van der Waals surface area contributed by atoms with E-state index in [9.17, 15) is 8.42 Å². The molecule has 0 bridgehead atoms. The van der Waals surface area contributed by atoms with Gasteiger partial charge in [-0.15, -0.1) is 5.10 Å². The summed E-state index contributed by atoms with van der Waals surface area (Å²) < 4.78 is 25.2. The van der Waals surface area contributed by atoms with Crippen LogP contribution in [-0.4, -0.2) is 49.9 Å². The fourth-order valence-electron chi connectivity index (χ4n) is 1.85. The van der Waals surface area contributed by atoms with Gasteiger partial charge < -0.3 is 5.32 Å². The third kappa shape index (κ3) is 3.58. The van der Waals surface area contributed by atoms with E-state index < -0.39 is 15.7 Å². The molecule has 0 aliphatic heterocycles. The SMILES string of the molecule is O=S(=O)(CNc1nc(Cl)nc(Cl)n1)c1ccccc1-c1nnn[nH]1. The second-order valence-electron chi connectivity index (χ2n) is 4.38. The van der Waals surface area contributed by atoms with Crippen molar-refractivity contribution < 1.29 is 8.42 Å².